The van der Waals surface area contributed by atoms with Gasteiger partial charge in [-0.25, -0.2) is 23.0 Å². The van der Waals surface area contributed by atoms with Crippen LogP contribution in [0.15, 0.2) is 35.0 Å². The first-order valence-electron chi connectivity index (χ1n) is 11.1. The lowest BCUT2D eigenvalue weighted by molar-refractivity contribution is 0.0536. The van der Waals surface area contributed by atoms with E-state index in [-0.39, 0.29) is 0 Å². The first-order chi connectivity index (χ1) is 17.1. The molecule has 0 atom stereocenters. The summed E-state index contributed by atoms with van der Waals surface area (Å²) in [5, 5.41) is 3.79. The summed E-state index contributed by atoms with van der Waals surface area (Å²) in [4.78, 5) is 28.9. The summed E-state index contributed by atoms with van der Waals surface area (Å²) in [6, 6.07) is 4.47. The van der Waals surface area contributed by atoms with Crippen LogP contribution in [-0.2, 0) is 4.84 Å². The van der Waals surface area contributed by atoms with Gasteiger partial charge in [0, 0.05) is 16.3 Å². The average molecular weight is 460 g/mol. The van der Waals surface area contributed by atoms with Gasteiger partial charge in [-0.3, -0.25) is 14.4 Å². The van der Waals surface area contributed by atoms with Gasteiger partial charge in [0.05, 0.1) is 39.0 Å². The van der Waals surface area contributed by atoms with Crippen molar-refractivity contribution in [3.63, 3.8) is 0 Å². The van der Waals surface area contributed by atoms with Crippen LogP contribution >= 0.6 is 11.3 Å². The van der Waals surface area contributed by atoms with Crippen molar-refractivity contribution in [2.24, 2.45) is 0 Å². The minimum atomic E-state index is -3.05. The highest BCUT2D eigenvalue weighted by Gasteiger charge is 2.29. The van der Waals surface area contributed by atoms with E-state index in [1.54, 1.807) is 10.8 Å². The lowest BCUT2D eigenvalue weighted by Gasteiger charge is -2.15. The van der Waals surface area contributed by atoms with E-state index < -0.39 is 82.8 Å². The molecular formula is C20H14F4N2O4S. The van der Waals surface area contributed by atoms with Crippen molar-refractivity contribution >= 4 is 28.8 Å². The Balaban J connectivity index is 1.98. The van der Waals surface area contributed by atoms with Gasteiger partial charge in [-0.05, 0) is 6.07 Å². The maximum Gasteiger partial charge on any atom is 0.276 e. The molecule has 2 amide bonds. The highest BCUT2D eigenvalue weighted by molar-refractivity contribution is 7.08. The Bertz CT molecular complexity index is 1330. The molecule has 0 bridgehead atoms. The van der Waals surface area contributed by atoms with Crippen molar-refractivity contribution in [1.29, 1.82) is 0 Å². The number of rotatable bonds is 6. The molecule has 0 aliphatic heterocycles. The minimum Gasteiger partial charge on any atom is -0.496 e. The SMILES string of the molecule is [2H]C([2H])([2H])ONC(=O)c1cscc1C(=O)Nc1c(F)c(F)c(-c2ccccc2OC([2H])([2H])[2H])c(F)c1F. The number of hydroxylamine groups is 1. The summed E-state index contributed by atoms with van der Waals surface area (Å²) in [5.74, 6) is -11.1. The quantitative estimate of drug-likeness (QED) is 0.322. The Morgan fingerprint density at radius 3 is 2.23 bits per heavy atom. The number of benzene rings is 2. The zero-order valence-electron chi connectivity index (χ0n) is 21.0. The van der Waals surface area contributed by atoms with Gasteiger partial charge in [-0.1, -0.05) is 18.2 Å². The third kappa shape index (κ3) is 4.09. The Hall–Kier alpha value is -3.44. The molecule has 3 rings (SSSR count). The molecule has 0 aliphatic rings. The van der Waals surface area contributed by atoms with Crippen molar-refractivity contribution in [3.05, 3.63) is 69.4 Å². The third-order valence-corrected chi connectivity index (χ3v) is 4.81. The molecule has 0 aliphatic carbocycles. The zero-order chi connectivity index (χ0) is 27.7. The molecule has 3 aromatic rings. The summed E-state index contributed by atoms with van der Waals surface area (Å²) in [7, 11) is -6.06. The standard InChI is InChI=1S/C20H14F4N2O4S/c1-29-12-6-4-3-5-9(12)13-14(21)16(23)18(17(24)15(13)22)25-19(27)10-7-31-8-11(10)20(28)26-30-2/h3-8H,1-2H3,(H,25,27)(H,26,28)/i1D3,2D3. The number of carbonyl (C=O) groups excluding carboxylic acids is 2. The smallest absolute Gasteiger partial charge is 0.276 e. The monoisotopic (exact) mass is 460 g/mol. The van der Waals surface area contributed by atoms with E-state index in [4.69, 9.17) is 8.22 Å². The number of thiophene rings is 1. The van der Waals surface area contributed by atoms with Gasteiger partial charge in [-0.15, -0.1) is 0 Å². The number of nitrogens with one attached hydrogen (secondary N) is 2. The van der Waals surface area contributed by atoms with Crippen molar-refractivity contribution in [2.75, 3.05) is 19.4 Å². The molecule has 0 unspecified atom stereocenters. The predicted octanol–water partition coefficient (Wildman–Crippen LogP) is 4.52. The van der Waals surface area contributed by atoms with Crippen LogP contribution in [0.1, 0.15) is 28.9 Å². The number of carbonyl (C=O) groups is 2. The number of anilines is 1. The van der Waals surface area contributed by atoms with Crippen LogP contribution in [0.4, 0.5) is 23.2 Å². The normalized spacial score (nSPS) is 14.3. The number of hydrogen-bond donors (Lipinski definition) is 2. The lowest BCUT2D eigenvalue weighted by Crippen LogP contribution is -2.25. The summed E-state index contributed by atoms with van der Waals surface area (Å²) in [6.07, 6.45) is 0. The molecule has 1 heterocycles. The number of ether oxygens (including phenoxy) is 1. The van der Waals surface area contributed by atoms with Crippen LogP contribution in [0, 0.1) is 23.3 Å². The second-order valence-corrected chi connectivity index (χ2v) is 6.53. The summed E-state index contributed by atoms with van der Waals surface area (Å²) < 4.78 is 106. The predicted molar refractivity (Wildman–Crippen MR) is 105 cm³/mol. The molecule has 2 aromatic carbocycles. The van der Waals surface area contributed by atoms with Crippen molar-refractivity contribution in [2.45, 2.75) is 0 Å². The van der Waals surface area contributed by atoms with Crippen LogP contribution in [0.5, 0.6) is 5.75 Å². The van der Waals surface area contributed by atoms with Crippen LogP contribution < -0.4 is 15.5 Å². The number of hydrogen-bond acceptors (Lipinski definition) is 5. The largest absolute Gasteiger partial charge is 0.496 e. The average Bonchev–Trinajstić information content (AvgIpc) is 3.29. The molecule has 1 aromatic heterocycles. The highest BCUT2D eigenvalue weighted by Crippen LogP contribution is 2.38. The highest BCUT2D eigenvalue weighted by atomic mass is 32.1. The van der Waals surface area contributed by atoms with Gasteiger partial charge in [0.1, 0.15) is 11.4 Å². The minimum absolute atomic E-state index is 0.458. The number of amides is 2. The maximum absolute atomic E-state index is 15.0. The molecule has 6 nitrogen and oxygen atoms in total. The Kier molecular flexibility index (Phi) is 4.54. The van der Waals surface area contributed by atoms with Crippen molar-refractivity contribution < 1.29 is 44.9 Å². The van der Waals surface area contributed by atoms with Gasteiger partial charge in [0.15, 0.2) is 23.3 Å². The van der Waals surface area contributed by atoms with Crippen molar-refractivity contribution in [1.82, 2.24) is 5.48 Å². The van der Waals surface area contributed by atoms with Crippen LogP contribution in [0.2, 0.25) is 0 Å². The van der Waals surface area contributed by atoms with Crippen LogP contribution in [0.25, 0.3) is 11.1 Å². The molecule has 0 spiro atoms. The molecule has 2 N–H and O–H groups in total. The fourth-order valence-corrected chi connectivity index (χ4v) is 3.48. The lowest BCUT2D eigenvalue weighted by atomic mass is 10.0. The number of methoxy groups -OCH3 is 1. The summed E-state index contributed by atoms with van der Waals surface area (Å²) in [6.45, 7) is 0. The van der Waals surface area contributed by atoms with Gasteiger partial charge in [-0.2, -0.15) is 11.3 Å². The second-order valence-electron chi connectivity index (χ2n) is 5.79. The van der Waals surface area contributed by atoms with Crippen LogP contribution in [-0.4, -0.2) is 25.9 Å². The molecule has 11 heteroatoms. The third-order valence-electron chi connectivity index (χ3n) is 4.06. The summed E-state index contributed by atoms with van der Waals surface area (Å²) >= 11 is 0.774. The van der Waals surface area contributed by atoms with E-state index in [1.807, 2.05) is 0 Å². The Morgan fingerprint density at radius 1 is 0.935 bits per heavy atom. The summed E-state index contributed by atoms with van der Waals surface area (Å²) in [5.41, 5.74) is -2.83. The van der Waals surface area contributed by atoms with E-state index in [9.17, 15) is 27.2 Å². The molecular weight excluding hydrogens is 440 g/mol. The van der Waals surface area contributed by atoms with E-state index in [2.05, 4.69) is 9.57 Å². The molecule has 0 radical (unpaired) electrons. The molecule has 162 valence electrons. The fraction of sp³-hybridized carbons (Fsp3) is 0.100. The molecule has 0 saturated heterocycles. The Labute approximate surface area is 185 Å². The fourth-order valence-electron chi connectivity index (χ4n) is 2.67. The van der Waals surface area contributed by atoms with Gasteiger partial charge < -0.3 is 10.1 Å². The van der Waals surface area contributed by atoms with Gasteiger partial charge >= 0.3 is 0 Å². The maximum atomic E-state index is 15.0. The van der Waals surface area contributed by atoms with Gasteiger partial charge in [0.2, 0.25) is 0 Å². The van der Waals surface area contributed by atoms with Crippen molar-refractivity contribution in [3.8, 4) is 16.9 Å². The first kappa shape index (κ1) is 15.4. The van der Waals surface area contributed by atoms with E-state index in [0.29, 0.717) is 0 Å². The zero-order valence-corrected chi connectivity index (χ0v) is 15.8. The van der Waals surface area contributed by atoms with Gasteiger partial charge in [0.25, 0.3) is 11.8 Å². The van der Waals surface area contributed by atoms with Crippen LogP contribution in [0.3, 0.4) is 0 Å². The van der Waals surface area contributed by atoms with E-state index in [0.717, 1.165) is 34.2 Å². The molecule has 0 saturated carbocycles. The molecule has 0 fully saturated rings. The topological polar surface area (TPSA) is 76.7 Å². The number of halogens is 4. The van der Waals surface area contributed by atoms with E-state index in [1.165, 1.54) is 12.1 Å². The first-order valence-corrected chi connectivity index (χ1v) is 9.05. The second kappa shape index (κ2) is 9.14. The number of para-hydroxylation sites is 1. The molecule has 31 heavy (non-hydrogen) atoms. The Morgan fingerprint density at radius 2 is 1.58 bits per heavy atom. The van der Waals surface area contributed by atoms with E-state index >= 15 is 0 Å².